The van der Waals surface area contributed by atoms with Crippen molar-refractivity contribution in [3.05, 3.63) is 117 Å². The van der Waals surface area contributed by atoms with Gasteiger partial charge in [0.1, 0.15) is 24.1 Å². The summed E-state index contributed by atoms with van der Waals surface area (Å²) in [5.74, 6) is 0.432. The predicted octanol–water partition coefficient (Wildman–Crippen LogP) is -5.05. The number of benzene rings is 3. The third-order valence-electron chi connectivity index (χ3n) is 4.73. The van der Waals surface area contributed by atoms with Crippen molar-refractivity contribution >= 4 is 46.6 Å². The third kappa shape index (κ3) is 34.5. The first-order chi connectivity index (χ1) is 18.9. The van der Waals surface area contributed by atoms with E-state index in [9.17, 15) is 0 Å². The molecule has 0 aromatic heterocycles. The average molecular weight is 784 g/mol. The van der Waals surface area contributed by atoms with Crippen molar-refractivity contribution < 1.29 is 174 Å². The molecule has 0 aliphatic heterocycles. The molecule has 0 saturated heterocycles. The summed E-state index contributed by atoms with van der Waals surface area (Å²) < 4.78 is 0. The van der Waals surface area contributed by atoms with Crippen molar-refractivity contribution in [2.75, 3.05) is 48.0 Å². The molecule has 2 N–H and O–H groups in total. The number of halogens is 3. The maximum absolute atomic E-state index is 9.04. The van der Waals surface area contributed by atoms with Crippen molar-refractivity contribution in [3.63, 3.8) is 0 Å². The molecular weight excluding hydrogens is 747 g/mol. The molecular formula is C31H37Cl3K2N6NaO2V-. The van der Waals surface area contributed by atoms with Gasteiger partial charge in [-0.1, -0.05) is 61.2 Å². The van der Waals surface area contributed by atoms with E-state index in [0.717, 1.165) is 17.1 Å². The minimum absolute atomic E-state index is 0. The number of anilines is 3. The third-order valence-corrected chi connectivity index (χ3v) is 5.15. The Morgan fingerprint density at radius 2 is 1.26 bits per heavy atom. The van der Waals surface area contributed by atoms with Crippen LogP contribution in [0.4, 0.5) is 17.1 Å². The predicted molar refractivity (Wildman–Crippen MR) is 171 cm³/mol. The van der Waals surface area contributed by atoms with Gasteiger partial charge in [-0.05, 0) is 36.4 Å². The second-order valence-electron chi connectivity index (χ2n) is 7.14. The smallest absolute Gasteiger partial charge is 1.00 e. The van der Waals surface area contributed by atoms with Gasteiger partial charge in [0, 0.05) is 56.8 Å². The molecule has 3 aromatic rings. The van der Waals surface area contributed by atoms with Crippen LogP contribution in [0.25, 0.3) is 0 Å². The average Bonchev–Trinajstić information content (AvgIpc) is 3.03. The molecule has 0 saturated carbocycles. The molecule has 1 radical (unpaired) electrons. The Morgan fingerprint density at radius 1 is 0.913 bits per heavy atom. The van der Waals surface area contributed by atoms with Gasteiger partial charge >= 0.3 is 132 Å². The molecule has 1 atom stereocenters. The van der Waals surface area contributed by atoms with Crippen LogP contribution in [0.5, 0.6) is 0 Å². The van der Waals surface area contributed by atoms with E-state index in [1.165, 1.54) is 0 Å². The number of carbonyl (C=O) groups is 1. The summed E-state index contributed by atoms with van der Waals surface area (Å²) >= 11 is 10.5. The Bertz CT molecular complexity index is 1160. The van der Waals surface area contributed by atoms with Crippen LogP contribution in [0.2, 0.25) is 0 Å². The number of para-hydroxylation sites is 3. The minimum Gasteiger partial charge on any atom is -1.00 e. The largest absolute Gasteiger partial charge is 1.00 e. The van der Waals surface area contributed by atoms with Gasteiger partial charge < -0.3 is 57.1 Å². The van der Waals surface area contributed by atoms with Gasteiger partial charge in [-0.3, -0.25) is 0 Å². The van der Waals surface area contributed by atoms with Crippen LogP contribution in [0.3, 0.4) is 0 Å². The van der Waals surface area contributed by atoms with Crippen molar-refractivity contribution in [3.8, 4) is 12.1 Å². The van der Waals surface area contributed by atoms with Gasteiger partial charge in [0.15, 0.2) is 0 Å². The summed E-state index contributed by atoms with van der Waals surface area (Å²) in [5, 5.41) is 26.6. The molecule has 0 aliphatic carbocycles. The zero-order valence-corrected chi connectivity index (χ0v) is 39.5. The SMILES string of the molecule is C=C(C#N)N(C)c1ccccc1.CN(c1ccccc1)C(C#N)CCl.CNc1ccccc1.O=CCCl.[C-]#N.[CH3-].[Cl-].[K+].[K+].[Na+].[OH-].[V]. The molecule has 8 nitrogen and oxygen atoms in total. The van der Waals surface area contributed by atoms with Crippen molar-refractivity contribution in [2.45, 2.75) is 6.04 Å². The van der Waals surface area contributed by atoms with E-state index in [1.54, 1.807) is 4.90 Å². The van der Waals surface area contributed by atoms with Gasteiger partial charge in [0.05, 0.1) is 17.8 Å². The molecule has 0 fully saturated rings. The fourth-order valence-corrected chi connectivity index (χ4v) is 2.83. The van der Waals surface area contributed by atoms with E-state index >= 15 is 0 Å². The Balaban J connectivity index is -0.0000000556. The van der Waals surface area contributed by atoms with Crippen molar-refractivity contribution in [2.24, 2.45) is 0 Å². The van der Waals surface area contributed by atoms with Gasteiger partial charge in [0.2, 0.25) is 0 Å². The number of alkyl halides is 2. The summed E-state index contributed by atoms with van der Waals surface area (Å²) in [4.78, 5) is 12.7. The number of hydrogen-bond acceptors (Lipinski definition) is 8. The molecule has 0 amide bonds. The van der Waals surface area contributed by atoms with Crippen LogP contribution < -0.4 is 160 Å². The molecule has 3 aromatic carbocycles. The quantitative estimate of drug-likeness (QED) is 0.0828. The summed E-state index contributed by atoms with van der Waals surface area (Å²) in [6.45, 7) is 8.36. The fourth-order valence-electron chi connectivity index (χ4n) is 2.55. The maximum Gasteiger partial charge on any atom is 1.00 e. The van der Waals surface area contributed by atoms with E-state index < -0.39 is 0 Å². The zero-order chi connectivity index (χ0) is 29.9. The van der Waals surface area contributed by atoms with Crippen LogP contribution in [0.1, 0.15) is 0 Å². The monoisotopic (exact) mass is 782 g/mol. The van der Waals surface area contributed by atoms with E-state index in [4.69, 9.17) is 50.4 Å². The topological polar surface area (TPSA) is 137 Å². The van der Waals surface area contributed by atoms with Crippen LogP contribution in [-0.4, -0.2) is 50.7 Å². The molecule has 15 heteroatoms. The minimum atomic E-state index is -0.260. The van der Waals surface area contributed by atoms with Crippen molar-refractivity contribution in [1.82, 2.24) is 0 Å². The van der Waals surface area contributed by atoms with E-state index in [1.807, 2.05) is 123 Å². The summed E-state index contributed by atoms with van der Waals surface area (Å²) in [7, 11) is 5.60. The number of nitriles is 2. The zero-order valence-electron chi connectivity index (χ0n) is 27.6. The number of hydrogen-bond donors (Lipinski definition) is 1. The first-order valence-corrected chi connectivity index (χ1v) is 12.5. The van der Waals surface area contributed by atoms with Gasteiger partial charge in [-0.2, -0.15) is 10.5 Å². The molecule has 0 heterocycles. The van der Waals surface area contributed by atoms with Gasteiger partial charge in [-0.15, -0.1) is 23.2 Å². The second-order valence-corrected chi connectivity index (χ2v) is 7.75. The Kier molecular flexibility index (Phi) is 74.5. The number of nitrogens with one attached hydrogen (secondary N) is 1. The van der Waals surface area contributed by atoms with Crippen LogP contribution in [0, 0.1) is 41.9 Å². The van der Waals surface area contributed by atoms with Gasteiger partial charge in [-0.25, -0.2) is 0 Å². The molecule has 46 heavy (non-hydrogen) atoms. The second kappa shape index (κ2) is 50.0. The number of aldehydes is 1. The van der Waals surface area contributed by atoms with Crippen LogP contribution in [-0.2, 0) is 23.4 Å². The van der Waals surface area contributed by atoms with E-state index in [-0.39, 0.29) is 188 Å². The standard InChI is InChI=1S/C10H11ClN2.C10H10N2.C7H9N.C2H3ClO.CN.CH3.ClH.2K.Na.H2O.V/c1-13(10(7-11)8-12)9-5-3-2-4-6-9;1-9(8-11)12(2)10-6-4-3-5-7-10;1-8-7-5-3-2-4-6-7;3-1-2-4;1-2;;;;;;;/h2-6,10H,7H2,1H3;3-7H,1H2,2H3;2-6,8H,1H3;2H,1H2;;1H3;1H;;;;1H2;/q;;;;2*-1;;3*+1;;/p-2. The normalized spacial score (nSPS) is 7.67. The molecule has 3 rings (SSSR count). The maximum atomic E-state index is 9.04. The Morgan fingerprint density at radius 3 is 1.52 bits per heavy atom. The summed E-state index contributed by atoms with van der Waals surface area (Å²) in [6, 6.07) is 33.3. The van der Waals surface area contributed by atoms with Crippen molar-refractivity contribution in [1.29, 1.82) is 15.8 Å². The number of rotatable bonds is 7. The number of allylic oxidation sites excluding steroid dienone is 1. The first kappa shape index (κ1) is 68.6. The number of nitrogens with zero attached hydrogens (tertiary/aromatic N) is 5. The van der Waals surface area contributed by atoms with E-state index in [2.05, 4.69) is 18.0 Å². The molecule has 0 aliphatic rings. The summed E-state index contributed by atoms with van der Waals surface area (Å²) in [6.07, 6.45) is 0.640. The van der Waals surface area contributed by atoms with Gasteiger partial charge in [0.25, 0.3) is 0 Å². The molecule has 1 unspecified atom stereocenters. The van der Waals surface area contributed by atoms with Crippen LogP contribution >= 0.6 is 23.2 Å². The first-order valence-electron chi connectivity index (χ1n) is 11.5. The van der Waals surface area contributed by atoms with E-state index in [0.29, 0.717) is 17.9 Å². The van der Waals surface area contributed by atoms with Crippen LogP contribution in [0.15, 0.2) is 103 Å². The molecule has 233 valence electrons. The Labute approximate surface area is 412 Å². The number of carbonyl (C=O) groups excluding carboxylic acids is 1. The molecule has 0 bridgehead atoms. The molecule has 0 spiro atoms. The Hall–Kier alpha value is 0.627. The fraction of sp³-hybridized carbons (Fsp3) is 0.194. The summed E-state index contributed by atoms with van der Waals surface area (Å²) in [5.41, 5.74) is 3.59.